The largest absolute Gasteiger partial charge is 0.343 e. The number of nitrogens with two attached hydrogens (primary N) is 2. The van der Waals surface area contributed by atoms with Gasteiger partial charge in [0.1, 0.15) is 18.1 Å². The summed E-state index contributed by atoms with van der Waals surface area (Å²) in [6.07, 6.45) is 2.23. The van der Waals surface area contributed by atoms with Crippen molar-refractivity contribution in [2.75, 3.05) is 45.8 Å². The molecule has 50 heavy (non-hydrogen) atoms. The number of hydrogen-bond acceptors (Lipinski definition) is 7. The highest BCUT2D eigenvalue weighted by Gasteiger charge is 2.33. The van der Waals surface area contributed by atoms with Crippen molar-refractivity contribution in [2.24, 2.45) is 17.4 Å². The minimum Gasteiger partial charge on any atom is -0.343 e. The quantitative estimate of drug-likeness (QED) is 0.147. The molecule has 2 aromatic carbocycles. The molecule has 3 atom stereocenters. The molecule has 1 aliphatic rings. The number of amides is 6. The van der Waals surface area contributed by atoms with Gasteiger partial charge in [-0.15, -0.1) is 0 Å². The Morgan fingerprint density at radius 3 is 1.84 bits per heavy atom. The van der Waals surface area contributed by atoms with Crippen molar-refractivity contribution in [3.05, 3.63) is 71.8 Å². The second kappa shape index (κ2) is 20.9. The Morgan fingerprint density at radius 1 is 0.720 bits per heavy atom. The van der Waals surface area contributed by atoms with Crippen LogP contribution in [-0.4, -0.2) is 108 Å². The smallest absolute Gasteiger partial charge is 0.318 e. The maximum absolute atomic E-state index is 14.0. The fourth-order valence-electron chi connectivity index (χ4n) is 5.97. The molecule has 0 aliphatic carbocycles. The summed E-state index contributed by atoms with van der Waals surface area (Å²) in [5.74, 6) is -1.21. The summed E-state index contributed by atoms with van der Waals surface area (Å²) in [5, 5.41) is 8.74. The fourth-order valence-corrected chi connectivity index (χ4v) is 5.97. The predicted molar refractivity (Wildman–Crippen MR) is 193 cm³/mol. The monoisotopic (exact) mass is 692 g/mol. The molecule has 1 fully saturated rings. The maximum Gasteiger partial charge on any atom is 0.318 e. The fraction of sp³-hybridized carbons (Fsp3) is 0.541. The number of rotatable bonds is 18. The van der Waals surface area contributed by atoms with Crippen LogP contribution in [0.3, 0.4) is 0 Å². The molecule has 3 rings (SSSR count). The van der Waals surface area contributed by atoms with Crippen LogP contribution in [0.5, 0.6) is 0 Å². The van der Waals surface area contributed by atoms with Gasteiger partial charge in [-0.3, -0.25) is 19.2 Å². The van der Waals surface area contributed by atoms with Gasteiger partial charge in [-0.1, -0.05) is 74.5 Å². The normalized spacial score (nSPS) is 14.8. The number of hydrogen-bond donors (Lipinski definition) is 5. The Hall–Kier alpha value is -4.49. The molecule has 0 aromatic heterocycles. The number of benzene rings is 2. The van der Waals surface area contributed by atoms with Gasteiger partial charge < -0.3 is 42.1 Å². The molecular formula is C37H56N8O5. The molecule has 1 heterocycles. The van der Waals surface area contributed by atoms with E-state index < -0.39 is 36.0 Å². The van der Waals surface area contributed by atoms with Crippen LogP contribution < -0.4 is 27.4 Å². The van der Waals surface area contributed by atoms with E-state index in [9.17, 15) is 24.0 Å². The van der Waals surface area contributed by atoms with Gasteiger partial charge in [0.2, 0.25) is 23.6 Å². The van der Waals surface area contributed by atoms with Gasteiger partial charge in [-0.25, -0.2) is 4.79 Å². The van der Waals surface area contributed by atoms with E-state index in [0.717, 1.165) is 11.1 Å². The highest BCUT2D eigenvalue weighted by molar-refractivity contribution is 5.94. The van der Waals surface area contributed by atoms with E-state index in [1.807, 2.05) is 74.5 Å². The molecule has 274 valence electrons. The second-order valence-electron chi connectivity index (χ2n) is 13.3. The van der Waals surface area contributed by atoms with Crippen LogP contribution in [0.25, 0.3) is 0 Å². The van der Waals surface area contributed by atoms with Crippen molar-refractivity contribution in [3.8, 4) is 0 Å². The number of nitrogens with one attached hydrogen (secondary N) is 3. The van der Waals surface area contributed by atoms with E-state index in [1.54, 1.807) is 14.7 Å². The molecule has 6 amide bonds. The lowest BCUT2D eigenvalue weighted by atomic mass is 10.00. The first kappa shape index (κ1) is 39.9. The van der Waals surface area contributed by atoms with Gasteiger partial charge in [0.05, 0.1) is 0 Å². The van der Waals surface area contributed by atoms with Crippen LogP contribution >= 0.6 is 0 Å². The number of carbonyl (C=O) groups is 5. The maximum atomic E-state index is 14.0. The zero-order chi connectivity index (χ0) is 36.5. The Balaban J connectivity index is 1.79. The summed E-state index contributed by atoms with van der Waals surface area (Å²) in [4.78, 5) is 72.0. The second-order valence-corrected chi connectivity index (χ2v) is 13.3. The molecule has 0 unspecified atom stereocenters. The number of piperazine rings is 1. The van der Waals surface area contributed by atoms with Gasteiger partial charge in [0.25, 0.3) is 0 Å². The number of urea groups is 1. The van der Waals surface area contributed by atoms with Crippen molar-refractivity contribution in [1.29, 1.82) is 0 Å². The first-order chi connectivity index (χ1) is 24.0. The molecule has 0 saturated carbocycles. The number of nitrogens with zero attached hydrogens (tertiary/aromatic N) is 3. The van der Waals surface area contributed by atoms with Gasteiger partial charge in [0.15, 0.2) is 0 Å². The number of unbranched alkanes of at least 4 members (excludes halogenated alkanes) is 1. The summed E-state index contributed by atoms with van der Waals surface area (Å²) < 4.78 is 0. The topological polar surface area (TPSA) is 183 Å². The third-order valence-corrected chi connectivity index (χ3v) is 8.74. The standard InChI is InChI=1S/C37H56N8O5/c1-27(2)24-32(34(47)40-31(16-10-11-17-38)36(49)44-22-20-43(21-23-44)28(3)46)41-35(48)33(25-29-12-6-4-7-13-29)42-37(50)45(19-18-39)26-30-14-8-5-9-15-30/h4-9,12-15,27,31-33H,10-11,16-26,38-39H2,1-3H3,(H,40,47)(H,41,48)(H,42,50)/t31-,32-,33-/m1/s1. The SMILES string of the molecule is CC(=O)N1CCN(C(=O)[C@@H](CCCCN)NC(=O)[C@@H](CC(C)C)NC(=O)[C@@H](Cc2ccccc2)NC(=O)N(CCN)Cc2ccccc2)CC1. The third-order valence-electron chi connectivity index (χ3n) is 8.74. The van der Waals surface area contributed by atoms with Crippen LogP contribution in [0, 0.1) is 5.92 Å². The van der Waals surface area contributed by atoms with Crippen LogP contribution in [-0.2, 0) is 32.1 Å². The number of carbonyl (C=O) groups excluding carboxylic acids is 5. The predicted octanol–water partition coefficient (Wildman–Crippen LogP) is 1.60. The van der Waals surface area contributed by atoms with Crippen molar-refractivity contribution >= 4 is 29.7 Å². The molecule has 7 N–H and O–H groups in total. The van der Waals surface area contributed by atoms with Crippen LogP contribution in [0.1, 0.15) is 57.6 Å². The molecule has 13 heteroatoms. The average molecular weight is 693 g/mol. The first-order valence-electron chi connectivity index (χ1n) is 17.7. The lowest BCUT2D eigenvalue weighted by Gasteiger charge is -2.36. The summed E-state index contributed by atoms with van der Waals surface area (Å²) in [6, 6.07) is 15.6. The van der Waals surface area contributed by atoms with Gasteiger partial charge in [0, 0.05) is 59.2 Å². The summed E-state index contributed by atoms with van der Waals surface area (Å²) >= 11 is 0. The molecule has 0 radical (unpaired) electrons. The van der Waals surface area contributed by atoms with E-state index >= 15 is 0 Å². The van der Waals surface area contributed by atoms with E-state index in [-0.39, 0.29) is 37.2 Å². The zero-order valence-electron chi connectivity index (χ0n) is 29.8. The van der Waals surface area contributed by atoms with Crippen LogP contribution in [0.2, 0.25) is 0 Å². The summed E-state index contributed by atoms with van der Waals surface area (Å²) in [7, 11) is 0. The van der Waals surface area contributed by atoms with Crippen molar-refractivity contribution < 1.29 is 24.0 Å². The van der Waals surface area contributed by atoms with E-state index in [4.69, 9.17) is 11.5 Å². The molecule has 2 aromatic rings. The van der Waals surface area contributed by atoms with Gasteiger partial charge >= 0.3 is 6.03 Å². The van der Waals surface area contributed by atoms with Crippen LogP contribution in [0.15, 0.2) is 60.7 Å². The summed E-state index contributed by atoms with van der Waals surface area (Å²) in [5.41, 5.74) is 13.3. The highest BCUT2D eigenvalue weighted by atomic mass is 16.2. The van der Waals surface area contributed by atoms with E-state index in [0.29, 0.717) is 65.0 Å². The van der Waals surface area contributed by atoms with Gasteiger partial charge in [-0.05, 0) is 49.3 Å². The van der Waals surface area contributed by atoms with Crippen molar-refractivity contribution in [2.45, 2.75) is 77.5 Å². The molecule has 1 aliphatic heterocycles. The molecule has 0 bridgehead atoms. The Labute approximate surface area is 296 Å². The minimum absolute atomic E-state index is 0.0326. The lowest BCUT2D eigenvalue weighted by molar-refractivity contribution is -0.141. The molecular weight excluding hydrogens is 636 g/mol. The molecule has 13 nitrogen and oxygen atoms in total. The summed E-state index contributed by atoms with van der Waals surface area (Å²) in [6.45, 7) is 8.30. The molecule has 1 saturated heterocycles. The van der Waals surface area contributed by atoms with Crippen LogP contribution in [0.4, 0.5) is 4.79 Å². The third kappa shape index (κ3) is 13.1. The average Bonchev–Trinajstić information content (AvgIpc) is 3.10. The Morgan fingerprint density at radius 2 is 1.28 bits per heavy atom. The Kier molecular flexibility index (Phi) is 16.7. The van der Waals surface area contributed by atoms with Crippen molar-refractivity contribution in [1.82, 2.24) is 30.7 Å². The van der Waals surface area contributed by atoms with Gasteiger partial charge in [-0.2, -0.15) is 0 Å². The van der Waals surface area contributed by atoms with E-state index in [2.05, 4.69) is 16.0 Å². The van der Waals surface area contributed by atoms with E-state index in [1.165, 1.54) is 6.92 Å². The first-order valence-corrected chi connectivity index (χ1v) is 17.7. The lowest BCUT2D eigenvalue weighted by Crippen LogP contribution is -2.59. The van der Waals surface area contributed by atoms with Crippen molar-refractivity contribution in [3.63, 3.8) is 0 Å². The molecule has 0 spiro atoms. The minimum atomic E-state index is -0.997. The zero-order valence-corrected chi connectivity index (χ0v) is 29.8. The highest BCUT2D eigenvalue weighted by Crippen LogP contribution is 2.13. The Bertz CT molecular complexity index is 1370.